The van der Waals surface area contributed by atoms with Crippen molar-refractivity contribution < 1.29 is 8.42 Å². The largest absolute Gasteiger partial charge is 0.309 e. The Morgan fingerprint density at radius 2 is 2.00 bits per heavy atom. The van der Waals surface area contributed by atoms with Gasteiger partial charge in [-0.25, -0.2) is 13.1 Å². The average Bonchev–Trinajstić information content (AvgIpc) is 3.06. The lowest BCUT2D eigenvalue weighted by molar-refractivity contribution is 0.526. The molecule has 6 nitrogen and oxygen atoms in total. The second-order valence-corrected chi connectivity index (χ2v) is 8.01. The zero-order chi connectivity index (χ0) is 15.6. The number of aromatic amines is 1. The third kappa shape index (κ3) is 4.52. The molecular formula is C14H26N4O2S. The molecule has 1 aromatic rings. The lowest BCUT2D eigenvalue weighted by Gasteiger charge is -2.15. The van der Waals surface area contributed by atoms with Gasteiger partial charge in [-0.2, -0.15) is 5.10 Å². The highest BCUT2D eigenvalue weighted by Gasteiger charge is 2.29. The van der Waals surface area contributed by atoms with Crippen LogP contribution >= 0.6 is 0 Å². The molecule has 0 spiro atoms. The minimum Gasteiger partial charge on any atom is -0.309 e. The summed E-state index contributed by atoms with van der Waals surface area (Å²) in [7, 11) is -3.53. The summed E-state index contributed by atoms with van der Waals surface area (Å²) < 4.78 is 28.0. The number of H-pyrrole nitrogens is 1. The number of rotatable bonds is 8. The van der Waals surface area contributed by atoms with Crippen molar-refractivity contribution in [1.29, 1.82) is 0 Å². The van der Waals surface area contributed by atoms with Crippen LogP contribution in [-0.4, -0.2) is 30.7 Å². The van der Waals surface area contributed by atoms with Crippen molar-refractivity contribution in [3.63, 3.8) is 0 Å². The van der Waals surface area contributed by atoms with E-state index in [4.69, 9.17) is 0 Å². The summed E-state index contributed by atoms with van der Waals surface area (Å²) in [5, 5.41) is 10.1. The van der Waals surface area contributed by atoms with Gasteiger partial charge in [-0.3, -0.25) is 5.10 Å². The Hall–Kier alpha value is -0.920. The van der Waals surface area contributed by atoms with Gasteiger partial charge in [-0.1, -0.05) is 26.7 Å². The zero-order valence-corrected chi connectivity index (χ0v) is 14.0. The van der Waals surface area contributed by atoms with E-state index in [-0.39, 0.29) is 12.1 Å². The first-order valence-electron chi connectivity index (χ1n) is 7.59. The SMILES string of the molecule is Cc1[nH]nc(CNC(C)C)c1S(=O)(=O)NC(C)CC1CC1. The molecule has 1 atom stereocenters. The molecule has 0 amide bonds. The van der Waals surface area contributed by atoms with Gasteiger partial charge < -0.3 is 5.32 Å². The highest BCUT2D eigenvalue weighted by Crippen LogP contribution is 2.33. The van der Waals surface area contributed by atoms with Crippen LogP contribution in [0.25, 0.3) is 0 Å². The number of hydrogen-bond donors (Lipinski definition) is 3. The summed E-state index contributed by atoms with van der Waals surface area (Å²) in [6.07, 6.45) is 3.36. The van der Waals surface area contributed by atoms with Crippen LogP contribution in [0.2, 0.25) is 0 Å². The lowest BCUT2D eigenvalue weighted by atomic mass is 10.2. The van der Waals surface area contributed by atoms with Crippen molar-refractivity contribution in [2.45, 2.75) is 70.5 Å². The van der Waals surface area contributed by atoms with Crippen LogP contribution in [0, 0.1) is 12.8 Å². The van der Waals surface area contributed by atoms with Crippen molar-refractivity contribution >= 4 is 10.0 Å². The van der Waals surface area contributed by atoms with E-state index in [2.05, 4.69) is 20.2 Å². The van der Waals surface area contributed by atoms with Crippen molar-refractivity contribution in [3.8, 4) is 0 Å². The van der Waals surface area contributed by atoms with E-state index in [0.29, 0.717) is 28.7 Å². The van der Waals surface area contributed by atoms with Crippen LogP contribution in [0.15, 0.2) is 4.90 Å². The first-order valence-corrected chi connectivity index (χ1v) is 9.07. The fraction of sp³-hybridized carbons (Fsp3) is 0.786. The van der Waals surface area contributed by atoms with E-state index < -0.39 is 10.0 Å². The minimum atomic E-state index is -3.53. The van der Waals surface area contributed by atoms with E-state index in [1.54, 1.807) is 6.92 Å². The van der Waals surface area contributed by atoms with E-state index in [0.717, 1.165) is 6.42 Å². The maximum atomic E-state index is 12.6. The zero-order valence-electron chi connectivity index (χ0n) is 13.2. The van der Waals surface area contributed by atoms with Crippen LogP contribution in [-0.2, 0) is 16.6 Å². The van der Waals surface area contributed by atoms with Gasteiger partial charge in [0.2, 0.25) is 10.0 Å². The monoisotopic (exact) mass is 314 g/mol. The summed E-state index contributed by atoms with van der Waals surface area (Å²) in [6.45, 7) is 8.14. The number of sulfonamides is 1. The molecule has 1 fully saturated rings. The van der Waals surface area contributed by atoms with Gasteiger partial charge in [0.25, 0.3) is 0 Å². The molecule has 0 aliphatic heterocycles. The molecule has 0 radical (unpaired) electrons. The molecule has 0 aromatic carbocycles. The summed E-state index contributed by atoms with van der Waals surface area (Å²) in [6, 6.07) is 0.238. The molecule has 21 heavy (non-hydrogen) atoms. The second-order valence-electron chi connectivity index (χ2n) is 6.36. The molecule has 1 aliphatic carbocycles. The maximum Gasteiger partial charge on any atom is 0.244 e. The Bertz CT molecular complexity index is 576. The predicted molar refractivity (Wildman–Crippen MR) is 82.4 cm³/mol. The second kappa shape index (κ2) is 6.46. The molecular weight excluding hydrogens is 288 g/mol. The van der Waals surface area contributed by atoms with Gasteiger partial charge in [0, 0.05) is 18.6 Å². The van der Waals surface area contributed by atoms with Gasteiger partial charge in [0.1, 0.15) is 4.90 Å². The summed E-state index contributed by atoms with van der Waals surface area (Å²) in [5.41, 5.74) is 1.13. The summed E-state index contributed by atoms with van der Waals surface area (Å²) in [5.74, 6) is 0.690. The van der Waals surface area contributed by atoms with E-state index in [9.17, 15) is 8.42 Å². The number of nitrogens with zero attached hydrogens (tertiary/aromatic N) is 1. The lowest BCUT2D eigenvalue weighted by Crippen LogP contribution is -2.34. The number of aryl methyl sites for hydroxylation is 1. The first-order chi connectivity index (χ1) is 9.79. The Labute approximate surface area is 127 Å². The molecule has 0 saturated heterocycles. The normalized spacial score (nSPS) is 17.4. The van der Waals surface area contributed by atoms with Gasteiger partial charge in [-0.15, -0.1) is 0 Å². The molecule has 1 aliphatic rings. The fourth-order valence-electron chi connectivity index (χ4n) is 2.47. The van der Waals surface area contributed by atoms with E-state index >= 15 is 0 Å². The molecule has 1 aromatic heterocycles. The van der Waals surface area contributed by atoms with Crippen LogP contribution in [0.5, 0.6) is 0 Å². The Morgan fingerprint density at radius 3 is 2.57 bits per heavy atom. The Morgan fingerprint density at radius 1 is 1.33 bits per heavy atom. The van der Waals surface area contributed by atoms with Crippen LogP contribution in [0.3, 0.4) is 0 Å². The summed E-state index contributed by atoms with van der Waals surface area (Å²) >= 11 is 0. The minimum absolute atomic E-state index is 0.0392. The smallest absolute Gasteiger partial charge is 0.244 e. The molecule has 0 bridgehead atoms. The molecule has 120 valence electrons. The molecule has 1 saturated carbocycles. The molecule has 1 unspecified atom stereocenters. The maximum absolute atomic E-state index is 12.6. The highest BCUT2D eigenvalue weighted by molar-refractivity contribution is 7.89. The van der Waals surface area contributed by atoms with Crippen molar-refractivity contribution in [1.82, 2.24) is 20.2 Å². The van der Waals surface area contributed by atoms with Crippen LogP contribution in [0.1, 0.15) is 51.4 Å². The predicted octanol–water partition coefficient (Wildman–Crippen LogP) is 1.68. The van der Waals surface area contributed by atoms with Crippen molar-refractivity contribution in [3.05, 3.63) is 11.4 Å². The highest BCUT2D eigenvalue weighted by atomic mass is 32.2. The number of hydrogen-bond acceptors (Lipinski definition) is 4. The quantitative estimate of drug-likeness (QED) is 0.681. The van der Waals surface area contributed by atoms with Gasteiger partial charge in [0.15, 0.2) is 0 Å². The summed E-state index contributed by atoms with van der Waals surface area (Å²) in [4.78, 5) is 0.290. The molecule has 3 N–H and O–H groups in total. The standard InChI is InChI=1S/C14H26N4O2S/c1-9(2)15-8-13-14(11(4)16-17-13)21(19,20)18-10(3)7-12-5-6-12/h9-10,12,15,18H,5-8H2,1-4H3,(H,16,17). The number of nitrogens with one attached hydrogen (secondary N) is 3. The first kappa shape index (κ1) is 16.5. The van der Waals surface area contributed by atoms with Crippen molar-refractivity contribution in [2.24, 2.45) is 5.92 Å². The van der Waals surface area contributed by atoms with Crippen molar-refractivity contribution in [2.75, 3.05) is 0 Å². The molecule has 1 heterocycles. The topological polar surface area (TPSA) is 86.9 Å². The number of aromatic nitrogens is 2. The molecule has 2 rings (SSSR count). The van der Waals surface area contributed by atoms with Crippen LogP contribution < -0.4 is 10.0 Å². The Balaban J connectivity index is 2.12. The molecule has 7 heteroatoms. The van der Waals surface area contributed by atoms with Gasteiger partial charge >= 0.3 is 0 Å². The Kier molecular flexibility index (Phi) is 5.06. The average molecular weight is 314 g/mol. The fourth-order valence-corrected chi connectivity index (χ4v) is 4.09. The van der Waals surface area contributed by atoms with E-state index in [1.165, 1.54) is 12.8 Å². The van der Waals surface area contributed by atoms with Gasteiger partial charge in [0.05, 0.1) is 11.4 Å². The third-order valence-corrected chi connectivity index (χ3v) is 5.44. The van der Waals surface area contributed by atoms with Gasteiger partial charge in [-0.05, 0) is 26.2 Å². The third-order valence-electron chi connectivity index (χ3n) is 3.65. The van der Waals surface area contributed by atoms with E-state index in [1.807, 2.05) is 20.8 Å². The van der Waals surface area contributed by atoms with Crippen LogP contribution in [0.4, 0.5) is 0 Å².